The number of carbonyl (C=O) groups is 2. The van der Waals surface area contributed by atoms with Gasteiger partial charge in [-0.3, -0.25) is 9.59 Å². The van der Waals surface area contributed by atoms with Crippen molar-refractivity contribution >= 4 is 17.5 Å². The summed E-state index contributed by atoms with van der Waals surface area (Å²) in [6.07, 6.45) is 1.92. The fourth-order valence-corrected chi connectivity index (χ4v) is 3.79. The molecule has 1 heterocycles. The maximum atomic E-state index is 12.9. The number of ether oxygens (including phenoxy) is 2. The van der Waals surface area contributed by atoms with Gasteiger partial charge in [-0.25, -0.2) is 0 Å². The lowest BCUT2D eigenvalue weighted by molar-refractivity contribution is -0.134. The van der Waals surface area contributed by atoms with Gasteiger partial charge < -0.3 is 19.3 Å². The Morgan fingerprint density at radius 1 is 1.07 bits per heavy atom. The molecule has 1 aliphatic heterocycles. The Hall–Kier alpha value is -3.02. The van der Waals surface area contributed by atoms with Crippen LogP contribution in [0.15, 0.2) is 42.5 Å². The van der Waals surface area contributed by atoms with Gasteiger partial charge in [0.15, 0.2) is 11.5 Å². The van der Waals surface area contributed by atoms with Gasteiger partial charge in [-0.05, 0) is 48.2 Å². The topological polar surface area (TPSA) is 59.1 Å². The third-order valence-corrected chi connectivity index (χ3v) is 5.69. The van der Waals surface area contributed by atoms with Crippen LogP contribution in [0.1, 0.15) is 24.5 Å². The van der Waals surface area contributed by atoms with Crippen molar-refractivity contribution in [3.05, 3.63) is 53.6 Å². The molecule has 1 atom stereocenters. The predicted molar refractivity (Wildman–Crippen MR) is 117 cm³/mol. The van der Waals surface area contributed by atoms with Crippen molar-refractivity contribution in [2.45, 2.75) is 26.2 Å². The fourth-order valence-electron chi connectivity index (χ4n) is 3.79. The molecule has 1 saturated heterocycles. The maximum Gasteiger partial charge on any atom is 0.227 e. The summed E-state index contributed by atoms with van der Waals surface area (Å²) in [5.74, 6) is 1.07. The van der Waals surface area contributed by atoms with Gasteiger partial charge in [-0.2, -0.15) is 0 Å². The second kappa shape index (κ2) is 9.65. The van der Waals surface area contributed by atoms with Gasteiger partial charge in [-0.15, -0.1) is 0 Å². The van der Waals surface area contributed by atoms with Gasteiger partial charge in [0.1, 0.15) is 0 Å². The molecule has 30 heavy (non-hydrogen) atoms. The summed E-state index contributed by atoms with van der Waals surface area (Å²) < 4.78 is 10.6. The molecule has 2 aromatic rings. The highest BCUT2D eigenvalue weighted by molar-refractivity contribution is 6.00. The molecule has 6 heteroatoms. The summed E-state index contributed by atoms with van der Waals surface area (Å²) in [6.45, 7) is 3.11. The van der Waals surface area contributed by atoms with E-state index < -0.39 is 0 Å². The fraction of sp³-hybridized carbons (Fsp3) is 0.417. The SMILES string of the molecule is CCc1ccc(N2CC(C(=O)N(C)CCc3ccc(OC)c(OC)c3)CC2=O)cc1. The van der Waals surface area contributed by atoms with Gasteiger partial charge in [-0.1, -0.05) is 25.1 Å². The molecule has 1 unspecified atom stereocenters. The Balaban J connectivity index is 1.59. The minimum absolute atomic E-state index is 0.00545. The third-order valence-electron chi connectivity index (χ3n) is 5.69. The quantitative estimate of drug-likeness (QED) is 0.670. The average Bonchev–Trinajstić information content (AvgIpc) is 3.18. The monoisotopic (exact) mass is 410 g/mol. The second-order valence-corrected chi connectivity index (χ2v) is 7.62. The van der Waals surface area contributed by atoms with Gasteiger partial charge in [0.2, 0.25) is 11.8 Å². The molecule has 6 nitrogen and oxygen atoms in total. The van der Waals surface area contributed by atoms with Crippen molar-refractivity contribution in [3.8, 4) is 11.5 Å². The first kappa shape index (κ1) is 21.7. The number of amides is 2. The molecule has 2 amide bonds. The smallest absolute Gasteiger partial charge is 0.227 e. The highest BCUT2D eigenvalue weighted by atomic mass is 16.5. The molecule has 0 N–H and O–H groups in total. The molecule has 0 bridgehead atoms. The average molecular weight is 411 g/mol. The van der Waals surface area contributed by atoms with E-state index in [1.165, 1.54) is 5.56 Å². The zero-order valence-electron chi connectivity index (χ0n) is 18.2. The Morgan fingerprint density at radius 2 is 1.73 bits per heavy atom. The van der Waals surface area contributed by atoms with E-state index in [0.29, 0.717) is 31.0 Å². The Labute approximate surface area is 178 Å². The van der Waals surface area contributed by atoms with Crippen LogP contribution in [0.2, 0.25) is 0 Å². The molecule has 1 fully saturated rings. The van der Waals surface area contributed by atoms with E-state index in [2.05, 4.69) is 6.92 Å². The molecule has 0 aromatic heterocycles. The number of anilines is 1. The van der Waals surface area contributed by atoms with Gasteiger partial charge in [0, 0.05) is 32.2 Å². The molecule has 0 radical (unpaired) electrons. The minimum Gasteiger partial charge on any atom is -0.493 e. The standard InChI is InChI=1S/C24H30N2O4/c1-5-17-6-9-20(10-7-17)26-16-19(15-23(26)27)24(28)25(2)13-12-18-8-11-21(29-3)22(14-18)30-4/h6-11,14,19H,5,12-13,15-16H2,1-4H3. The van der Waals surface area contributed by atoms with Crippen LogP contribution in [0.5, 0.6) is 11.5 Å². The lowest BCUT2D eigenvalue weighted by Gasteiger charge is -2.22. The van der Waals surface area contributed by atoms with Crippen LogP contribution in [0, 0.1) is 5.92 Å². The van der Waals surface area contributed by atoms with E-state index >= 15 is 0 Å². The lowest BCUT2D eigenvalue weighted by Crippen LogP contribution is -2.36. The number of hydrogen-bond donors (Lipinski definition) is 0. The molecule has 160 valence electrons. The van der Waals surface area contributed by atoms with Crippen LogP contribution in [-0.2, 0) is 22.4 Å². The summed E-state index contributed by atoms with van der Waals surface area (Å²) in [4.78, 5) is 28.9. The first-order chi connectivity index (χ1) is 14.5. The van der Waals surface area contributed by atoms with Crippen molar-refractivity contribution in [3.63, 3.8) is 0 Å². The van der Waals surface area contributed by atoms with Crippen LogP contribution in [0.25, 0.3) is 0 Å². The number of carbonyl (C=O) groups excluding carboxylic acids is 2. The Morgan fingerprint density at radius 3 is 2.37 bits per heavy atom. The van der Waals surface area contributed by atoms with Crippen LogP contribution in [-0.4, -0.2) is 51.1 Å². The normalized spacial score (nSPS) is 15.9. The number of aryl methyl sites for hydroxylation is 1. The predicted octanol–water partition coefficient (Wildman–Crippen LogP) is 3.32. The largest absolute Gasteiger partial charge is 0.493 e. The highest BCUT2D eigenvalue weighted by Gasteiger charge is 2.36. The molecule has 1 aliphatic rings. The van der Waals surface area contributed by atoms with Gasteiger partial charge >= 0.3 is 0 Å². The number of rotatable bonds is 8. The number of hydrogen-bond acceptors (Lipinski definition) is 4. The number of likely N-dealkylation sites (N-methyl/N-ethyl adjacent to an activating group) is 1. The second-order valence-electron chi connectivity index (χ2n) is 7.62. The van der Waals surface area contributed by atoms with Crippen LogP contribution in [0.4, 0.5) is 5.69 Å². The lowest BCUT2D eigenvalue weighted by atomic mass is 10.1. The van der Waals surface area contributed by atoms with E-state index in [0.717, 1.165) is 17.7 Å². The summed E-state index contributed by atoms with van der Waals surface area (Å²) in [5.41, 5.74) is 3.15. The van der Waals surface area contributed by atoms with Gasteiger partial charge in [0.25, 0.3) is 0 Å². The Bertz CT molecular complexity index is 895. The number of nitrogens with zero attached hydrogens (tertiary/aromatic N) is 2. The molecular weight excluding hydrogens is 380 g/mol. The van der Waals surface area contributed by atoms with Crippen molar-refractivity contribution < 1.29 is 19.1 Å². The van der Waals surface area contributed by atoms with E-state index in [1.54, 1.807) is 31.1 Å². The zero-order chi connectivity index (χ0) is 21.7. The maximum absolute atomic E-state index is 12.9. The molecule has 0 saturated carbocycles. The summed E-state index contributed by atoms with van der Waals surface area (Å²) in [6, 6.07) is 13.8. The van der Waals surface area contributed by atoms with Crippen molar-refractivity contribution in [1.82, 2.24) is 4.90 Å². The molecule has 3 rings (SSSR count). The molecular formula is C24H30N2O4. The number of benzene rings is 2. The van der Waals surface area contributed by atoms with E-state index in [-0.39, 0.29) is 24.2 Å². The first-order valence-electron chi connectivity index (χ1n) is 10.3. The summed E-state index contributed by atoms with van der Waals surface area (Å²) in [5, 5.41) is 0. The minimum atomic E-state index is -0.307. The van der Waals surface area contributed by atoms with E-state index in [9.17, 15) is 9.59 Å². The van der Waals surface area contributed by atoms with Crippen molar-refractivity contribution in [2.24, 2.45) is 5.92 Å². The van der Waals surface area contributed by atoms with Crippen molar-refractivity contribution in [2.75, 3.05) is 39.3 Å². The summed E-state index contributed by atoms with van der Waals surface area (Å²) >= 11 is 0. The first-order valence-corrected chi connectivity index (χ1v) is 10.3. The van der Waals surface area contributed by atoms with E-state index in [4.69, 9.17) is 9.47 Å². The van der Waals surface area contributed by atoms with Crippen LogP contribution in [0.3, 0.4) is 0 Å². The summed E-state index contributed by atoms with van der Waals surface area (Å²) in [7, 11) is 5.01. The molecule has 0 spiro atoms. The zero-order valence-corrected chi connectivity index (χ0v) is 18.2. The highest BCUT2D eigenvalue weighted by Crippen LogP contribution is 2.29. The molecule has 0 aliphatic carbocycles. The number of methoxy groups -OCH3 is 2. The molecule has 2 aromatic carbocycles. The van der Waals surface area contributed by atoms with Gasteiger partial charge in [0.05, 0.1) is 20.1 Å². The van der Waals surface area contributed by atoms with Crippen LogP contribution < -0.4 is 14.4 Å². The Kier molecular flexibility index (Phi) is 6.98. The van der Waals surface area contributed by atoms with Crippen LogP contribution >= 0.6 is 0 Å². The van der Waals surface area contributed by atoms with E-state index in [1.807, 2.05) is 42.5 Å². The van der Waals surface area contributed by atoms with Crippen molar-refractivity contribution in [1.29, 1.82) is 0 Å². The third kappa shape index (κ3) is 4.75.